The zero-order valence-electron chi connectivity index (χ0n) is 12.4. The Kier molecular flexibility index (Phi) is 3.53. The molecule has 0 amide bonds. The molecule has 1 aliphatic heterocycles. The van der Waals surface area contributed by atoms with E-state index in [1.165, 1.54) is 22.0 Å². The third-order valence-electron chi connectivity index (χ3n) is 3.74. The van der Waals surface area contributed by atoms with E-state index in [2.05, 4.69) is 61.3 Å². The van der Waals surface area contributed by atoms with Gasteiger partial charge in [-0.15, -0.1) is 0 Å². The van der Waals surface area contributed by atoms with Crippen molar-refractivity contribution in [2.24, 2.45) is 7.05 Å². The summed E-state index contributed by atoms with van der Waals surface area (Å²) in [4.78, 5) is 0. The fraction of sp³-hybridized carbons (Fsp3) is 0.412. The Morgan fingerprint density at radius 1 is 1.30 bits per heavy atom. The number of aromatic nitrogens is 1. The van der Waals surface area contributed by atoms with E-state index in [4.69, 9.17) is 4.74 Å². The predicted molar refractivity (Wildman–Crippen MR) is 84.1 cm³/mol. The quantitative estimate of drug-likeness (QED) is 0.925. The molecule has 3 heteroatoms. The van der Waals surface area contributed by atoms with Gasteiger partial charge in [0, 0.05) is 36.3 Å². The number of rotatable bonds is 3. The Morgan fingerprint density at radius 3 is 2.85 bits per heavy atom. The highest BCUT2D eigenvalue weighted by Gasteiger charge is 2.13. The lowest BCUT2D eigenvalue weighted by atomic mass is 10.00. The van der Waals surface area contributed by atoms with Gasteiger partial charge in [-0.2, -0.15) is 0 Å². The van der Waals surface area contributed by atoms with Crippen molar-refractivity contribution in [3.63, 3.8) is 0 Å². The maximum absolute atomic E-state index is 5.83. The first-order chi connectivity index (χ1) is 9.65. The molecule has 0 spiro atoms. The summed E-state index contributed by atoms with van der Waals surface area (Å²) in [6.07, 6.45) is 5.83. The van der Waals surface area contributed by atoms with Gasteiger partial charge in [0.25, 0.3) is 0 Å². The van der Waals surface area contributed by atoms with Gasteiger partial charge >= 0.3 is 0 Å². The summed E-state index contributed by atoms with van der Waals surface area (Å²) in [6.45, 7) is 6.15. The highest BCUT2D eigenvalue weighted by molar-refractivity contribution is 5.94. The van der Waals surface area contributed by atoms with Crippen molar-refractivity contribution >= 4 is 16.5 Å². The molecule has 0 fully saturated rings. The number of hydrogen-bond acceptors (Lipinski definition) is 2. The molecule has 0 radical (unpaired) electrons. The summed E-state index contributed by atoms with van der Waals surface area (Å²) in [6, 6.07) is 6.38. The first-order valence-corrected chi connectivity index (χ1v) is 7.31. The van der Waals surface area contributed by atoms with E-state index in [1.54, 1.807) is 0 Å². The Labute approximate surface area is 120 Å². The number of fused-ring (bicyclic) bond motifs is 1. The van der Waals surface area contributed by atoms with E-state index in [9.17, 15) is 0 Å². The number of nitrogens with one attached hydrogen (secondary N) is 1. The smallest absolute Gasteiger partial charge is 0.120 e. The van der Waals surface area contributed by atoms with Crippen LogP contribution in [0.1, 0.15) is 25.8 Å². The minimum atomic E-state index is 0.206. The number of aryl methyl sites for hydroxylation is 1. The average Bonchev–Trinajstić information content (AvgIpc) is 2.76. The topological polar surface area (TPSA) is 26.2 Å². The van der Waals surface area contributed by atoms with E-state index in [0.717, 1.165) is 25.3 Å². The normalized spacial score (nSPS) is 15.7. The van der Waals surface area contributed by atoms with Crippen molar-refractivity contribution in [1.29, 1.82) is 0 Å². The van der Waals surface area contributed by atoms with E-state index in [-0.39, 0.29) is 6.10 Å². The lowest BCUT2D eigenvalue weighted by molar-refractivity contribution is 0.243. The van der Waals surface area contributed by atoms with Crippen LogP contribution < -0.4 is 10.1 Å². The molecule has 0 atom stereocenters. The fourth-order valence-corrected chi connectivity index (χ4v) is 2.84. The molecule has 0 bridgehead atoms. The van der Waals surface area contributed by atoms with Gasteiger partial charge in [0.15, 0.2) is 0 Å². The summed E-state index contributed by atoms with van der Waals surface area (Å²) in [5, 5.41) is 4.66. The van der Waals surface area contributed by atoms with Crippen LogP contribution in [-0.2, 0) is 7.05 Å². The second kappa shape index (κ2) is 5.33. The Bertz CT molecular complexity index is 652. The van der Waals surface area contributed by atoms with Crippen LogP contribution in [0.2, 0.25) is 0 Å². The summed E-state index contributed by atoms with van der Waals surface area (Å²) in [5.41, 5.74) is 4.05. The number of hydrogen-bond donors (Lipinski definition) is 1. The Balaban J connectivity index is 2.09. The monoisotopic (exact) mass is 270 g/mol. The number of benzene rings is 1. The molecule has 0 saturated heterocycles. The van der Waals surface area contributed by atoms with E-state index in [0.29, 0.717) is 0 Å². The molecular weight excluding hydrogens is 248 g/mol. The molecular formula is C17H22N2O. The zero-order valence-corrected chi connectivity index (χ0v) is 12.4. The van der Waals surface area contributed by atoms with Gasteiger partial charge in [0.2, 0.25) is 0 Å². The van der Waals surface area contributed by atoms with Crippen LogP contribution in [-0.4, -0.2) is 23.8 Å². The number of ether oxygens (including phenoxy) is 1. The molecule has 2 heterocycles. The van der Waals surface area contributed by atoms with Crippen LogP contribution in [0.3, 0.4) is 0 Å². The van der Waals surface area contributed by atoms with Gasteiger partial charge in [0.1, 0.15) is 5.75 Å². The van der Waals surface area contributed by atoms with E-state index < -0.39 is 0 Å². The molecule has 0 saturated carbocycles. The second-order valence-electron chi connectivity index (χ2n) is 5.68. The van der Waals surface area contributed by atoms with Crippen molar-refractivity contribution in [3.8, 4) is 5.75 Å². The maximum Gasteiger partial charge on any atom is 0.120 e. The van der Waals surface area contributed by atoms with Crippen molar-refractivity contribution in [3.05, 3.63) is 36.0 Å². The molecule has 3 nitrogen and oxygen atoms in total. The van der Waals surface area contributed by atoms with Crippen LogP contribution in [0.25, 0.3) is 16.5 Å². The van der Waals surface area contributed by atoms with Crippen LogP contribution in [0.15, 0.2) is 30.5 Å². The van der Waals surface area contributed by atoms with Gasteiger partial charge in [-0.3, -0.25) is 0 Å². The second-order valence-corrected chi connectivity index (χ2v) is 5.68. The average molecular weight is 270 g/mol. The van der Waals surface area contributed by atoms with Gasteiger partial charge in [-0.25, -0.2) is 0 Å². The molecule has 2 aromatic rings. The van der Waals surface area contributed by atoms with Crippen molar-refractivity contribution in [2.45, 2.75) is 26.4 Å². The van der Waals surface area contributed by atoms with Crippen LogP contribution in [0.4, 0.5) is 0 Å². The largest absolute Gasteiger partial charge is 0.491 e. The standard InChI is InChI=1S/C17H22N2O/c1-12(2)20-14-4-5-17-15(10-14)16(11-19(17)3)13-6-8-18-9-7-13/h4-6,10-12,18H,7-9H2,1-3H3. The van der Waals surface area contributed by atoms with Gasteiger partial charge in [0.05, 0.1) is 6.10 Å². The van der Waals surface area contributed by atoms with Crippen LogP contribution >= 0.6 is 0 Å². The SMILES string of the molecule is CC(C)Oc1ccc2c(c1)c(C1=CCNCC1)cn2C. The van der Waals surface area contributed by atoms with Crippen LogP contribution in [0, 0.1) is 0 Å². The summed E-state index contributed by atoms with van der Waals surface area (Å²) < 4.78 is 8.03. The van der Waals surface area contributed by atoms with Crippen molar-refractivity contribution in [2.75, 3.05) is 13.1 Å². The minimum absolute atomic E-state index is 0.206. The van der Waals surface area contributed by atoms with Gasteiger partial charge < -0.3 is 14.6 Å². The molecule has 1 aliphatic rings. The highest BCUT2D eigenvalue weighted by Crippen LogP contribution is 2.32. The maximum atomic E-state index is 5.83. The molecule has 0 aliphatic carbocycles. The zero-order chi connectivity index (χ0) is 14.1. The molecule has 20 heavy (non-hydrogen) atoms. The molecule has 1 N–H and O–H groups in total. The predicted octanol–water partition coefficient (Wildman–Crippen LogP) is 3.34. The third kappa shape index (κ3) is 2.46. The molecule has 1 aromatic heterocycles. The molecule has 1 aromatic carbocycles. The minimum Gasteiger partial charge on any atom is -0.491 e. The van der Waals surface area contributed by atoms with Crippen molar-refractivity contribution < 1.29 is 4.74 Å². The first kappa shape index (κ1) is 13.3. The molecule has 0 unspecified atom stereocenters. The van der Waals surface area contributed by atoms with E-state index >= 15 is 0 Å². The summed E-state index contributed by atoms with van der Waals surface area (Å²) in [5.74, 6) is 0.953. The first-order valence-electron chi connectivity index (χ1n) is 7.31. The van der Waals surface area contributed by atoms with Gasteiger partial charge in [-0.1, -0.05) is 6.08 Å². The Hall–Kier alpha value is -1.74. The summed E-state index contributed by atoms with van der Waals surface area (Å²) >= 11 is 0. The lowest BCUT2D eigenvalue weighted by Crippen LogP contribution is -2.19. The van der Waals surface area contributed by atoms with E-state index in [1.807, 2.05) is 0 Å². The van der Waals surface area contributed by atoms with Crippen molar-refractivity contribution in [1.82, 2.24) is 9.88 Å². The summed E-state index contributed by atoms with van der Waals surface area (Å²) in [7, 11) is 2.11. The lowest BCUT2D eigenvalue weighted by Gasteiger charge is -2.14. The third-order valence-corrected chi connectivity index (χ3v) is 3.74. The highest BCUT2D eigenvalue weighted by atomic mass is 16.5. The Morgan fingerprint density at radius 2 is 2.15 bits per heavy atom. The van der Waals surface area contributed by atoms with Gasteiger partial charge in [-0.05, 0) is 50.6 Å². The van der Waals surface area contributed by atoms with Crippen LogP contribution in [0.5, 0.6) is 5.75 Å². The fourth-order valence-electron chi connectivity index (χ4n) is 2.84. The molecule has 106 valence electrons. The molecule has 3 rings (SSSR count). The number of nitrogens with zero attached hydrogens (tertiary/aromatic N) is 1.